The van der Waals surface area contributed by atoms with E-state index in [1.807, 2.05) is 6.92 Å². The highest BCUT2D eigenvalue weighted by Gasteiger charge is 2.17. The van der Waals surface area contributed by atoms with E-state index in [4.69, 9.17) is 16.7 Å². The van der Waals surface area contributed by atoms with Crippen LogP contribution < -0.4 is 5.32 Å². The zero-order chi connectivity index (χ0) is 17.3. The predicted octanol–water partition coefficient (Wildman–Crippen LogP) is 2.57. The maximum absolute atomic E-state index is 12.6. The summed E-state index contributed by atoms with van der Waals surface area (Å²) in [7, 11) is 0. The SMILES string of the molecule is Cc1ccc2c(C(=O)Nc3ccccc3CC(=O)O)nc(Cl)nn12. The molecule has 0 aliphatic heterocycles. The molecule has 1 aromatic carbocycles. The van der Waals surface area contributed by atoms with E-state index in [1.165, 1.54) is 4.52 Å². The molecular weight excluding hydrogens is 332 g/mol. The Labute approximate surface area is 141 Å². The summed E-state index contributed by atoms with van der Waals surface area (Å²) in [4.78, 5) is 27.6. The summed E-state index contributed by atoms with van der Waals surface area (Å²) < 4.78 is 1.54. The summed E-state index contributed by atoms with van der Waals surface area (Å²) in [5, 5.41) is 15.7. The van der Waals surface area contributed by atoms with Gasteiger partial charge in [-0.1, -0.05) is 18.2 Å². The van der Waals surface area contributed by atoms with Gasteiger partial charge in [0.15, 0.2) is 5.69 Å². The Hall–Kier alpha value is -2.93. The smallest absolute Gasteiger partial charge is 0.307 e. The first-order valence-corrected chi connectivity index (χ1v) is 7.46. The molecular formula is C16H13ClN4O3. The lowest BCUT2D eigenvalue weighted by Gasteiger charge is -2.10. The van der Waals surface area contributed by atoms with Gasteiger partial charge in [-0.15, -0.1) is 5.10 Å². The van der Waals surface area contributed by atoms with Crippen LogP contribution in [0.4, 0.5) is 5.69 Å². The minimum Gasteiger partial charge on any atom is -0.481 e. The molecule has 2 N–H and O–H groups in total. The minimum atomic E-state index is -0.980. The fourth-order valence-corrected chi connectivity index (χ4v) is 2.57. The Morgan fingerprint density at radius 2 is 2.00 bits per heavy atom. The van der Waals surface area contributed by atoms with Gasteiger partial charge in [-0.3, -0.25) is 9.59 Å². The Morgan fingerprint density at radius 3 is 2.75 bits per heavy atom. The fourth-order valence-electron chi connectivity index (χ4n) is 2.41. The van der Waals surface area contributed by atoms with Crippen molar-refractivity contribution in [2.24, 2.45) is 0 Å². The summed E-state index contributed by atoms with van der Waals surface area (Å²) in [5.41, 5.74) is 2.37. The van der Waals surface area contributed by atoms with Crippen molar-refractivity contribution in [1.82, 2.24) is 14.6 Å². The van der Waals surface area contributed by atoms with Gasteiger partial charge in [0, 0.05) is 11.4 Å². The normalized spacial score (nSPS) is 10.8. The first-order chi connectivity index (χ1) is 11.5. The predicted molar refractivity (Wildman–Crippen MR) is 88.5 cm³/mol. The molecule has 0 atom stereocenters. The third-order valence-electron chi connectivity index (χ3n) is 3.50. The van der Waals surface area contributed by atoms with E-state index < -0.39 is 11.9 Å². The van der Waals surface area contributed by atoms with E-state index in [0.29, 0.717) is 16.8 Å². The van der Waals surface area contributed by atoms with Crippen LogP contribution in [0.3, 0.4) is 0 Å². The number of nitrogens with one attached hydrogen (secondary N) is 1. The van der Waals surface area contributed by atoms with Crippen LogP contribution >= 0.6 is 11.6 Å². The molecule has 2 heterocycles. The van der Waals surface area contributed by atoms with Gasteiger partial charge in [-0.25, -0.2) is 9.50 Å². The third-order valence-corrected chi connectivity index (χ3v) is 3.66. The van der Waals surface area contributed by atoms with Crippen molar-refractivity contribution in [2.75, 3.05) is 5.32 Å². The highest BCUT2D eigenvalue weighted by Crippen LogP contribution is 2.19. The monoisotopic (exact) mass is 344 g/mol. The van der Waals surface area contributed by atoms with E-state index in [-0.39, 0.29) is 17.4 Å². The molecule has 1 amide bonds. The van der Waals surface area contributed by atoms with Crippen molar-refractivity contribution in [1.29, 1.82) is 0 Å². The Bertz CT molecular complexity index is 952. The highest BCUT2D eigenvalue weighted by molar-refractivity contribution is 6.28. The number of hydrogen-bond acceptors (Lipinski definition) is 4. The van der Waals surface area contributed by atoms with Crippen molar-refractivity contribution in [3.05, 3.63) is 58.6 Å². The molecule has 7 nitrogen and oxygen atoms in total. The maximum Gasteiger partial charge on any atom is 0.307 e. The number of fused-ring (bicyclic) bond motifs is 1. The molecule has 8 heteroatoms. The Balaban J connectivity index is 1.98. The Morgan fingerprint density at radius 1 is 1.25 bits per heavy atom. The van der Waals surface area contributed by atoms with Crippen LogP contribution in [-0.4, -0.2) is 31.6 Å². The lowest BCUT2D eigenvalue weighted by atomic mass is 10.1. The summed E-state index contributed by atoms with van der Waals surface area (Å²) in [6.07, 6.45) is -0.194. The van der Waals surface area contributed by atoms with Crippen LogP contribution in [-0.2, 0) is 11.2 Å². The van der Waals surface area contributed by atoms with Gasteiger partial charge in [0.05, 0.1) is 11.9 Å². The van der Waals surface area contributed by atoms with Crippen molar-refractivity contribution in [3.8, 4) is 0 Å². The number of benzene rings is 1. The summed E-state index contributed by atoms with van der Waals surface area (Å²) in [5.74, 6) is -1.47. The first-order valence-electron chi connectivity index (χ1n) is 7.08. The van der Waals surface area contributed by atoms with Gasteiger partial charge < -0.3 is 10.4 Å². The third kappa shape index (κ3) is 3.07. The van der Waals surface area contributed by atoms with Gasteiger partial charge in [-0.2, -0.15) is 0 Å². The lowest BCUT2D eigenvalue weighted by molar-refractivity contribution is -0.136. The largest absolute Gasteiger partial charge is 0.481 e. The highest BCUT2D eigenvalue weighted by atomic mass is 35.5. The van der Waals surface area contributed by atoms with Crippen LogP contribution in [0, 0.1) is 6.92 Å². The number of carbonyl (C=O) groups is 2. The molecule has 0 fully saturated rings. The molecule has 0 aliphatic rings. The van der Waals surface area contributed by atoms with E-state index >= 15 is 0 Å². The number of carbonyl (C=O) groups excluding carboxylic acids is 1. The molecule has 0 radical (unpaired) electrons. The molecule has 0 spiro atoms. The molecule has 0 bridgehead atoms. The average molecular weight is 345 g/mol. The molecule has 24 heavy (non-hydrogen) atoms. The first kappa shape index (κ1) is 15.9. The van der Waals surface area contributed by atoms with Crippen molar-refractivity contribution < 1.29 is 14.7 Å². The second-order valence-corrected chi connectivity index (χ2v) is 5.52. The van der Waals surface area contributed by atoms with E-state index in [1.54, 1.807) is 36.4 Å². The van der Waals surface area contributed by atoms with Gasteiger partial charge in [-0.05, 0) is 42.3 Å². The van der Waals surface area contributed by atoms with Crippen molar-refractivity contribution in [3.63, 3.8) is 0 Å². The van der Waals surface area contributed by atoms with Crippen LogP contribution in [0.1, 0.15) is 21.7 Å². The van der Waals surface area contributed by atoms with Gasteiger partial charge in [0.1, 0.15) is 0 Å². The zero-order valence-corrected chi connectivity index (χ0v) is 13.4. The minimum absolute atomic E-state index is 0.0502. The number of hydrogen-bond donors (Lipinski definition) is 2. The number of carboxylic acids is 1. The van der Waals surface area contributed by atoms with Gasteiger partial charge in [0.2, 0.25) is 5.28 Å². The number of para-hydroxylation sites is 1. The molecule has 0 unspecified atom stereocenters. The lowest BCUT2D eigenvalue weighted by Crippen LogP contribution is -2.18. The summed E-state index contributed by atoms with van der Waals surface area (Å²) in [6, 6.07) is 10.2. The van der Waals surface area contributed by atoms with E-state index in [2.05, 4.69) is 15.4 Å². The van der Waals surface area contributed by atoms with E-state index in [9.17, 15) is 9.59 Å². The number of rotatable bonds is 4. The number of nitrogens with zero attached hydrogens (tertiary/aromatic N) is 3. The molecule has 3 aromatic rings. The second-order valence-electron chi connectivity index (χ2n) is 5.18. The fraction of sp³-hybridized carbons (Fsp3) is 0.125. The molecule has 0 saturated heterocycles. The molecule has 3 rings (SSSR count). The number of aromatic nitrogens is 3. The number of amides is 1. The topological polar surface area (TPSA) is 96.6 Å². The molecule has 0 aliphatic carbocycles. The van der Waals surface area contributed by atoms with Crippen LogP contribution in [0.5, 0.6) is 0 Å². The molecule has 0 saturated carbocycles. The van der Waals surface area contributed by atoms with Crippen molar-refractivity contribution in [2.45, 2.75) is 13.3 Å². The maximum atomic E-state index is 12.6. The second kappa shape index (κ2) is 6.29. The van der Waals surface area contributed by atoms with E-state index in [0.717, 1.165) is 5.69 Å². The molecule has 122 valence electrons. The standard InChI is InChI=1S/C16H13ClN4O3/c1-9-6-7-12-14(19-16(17)20-21(9)12)15(24)18-11-5-3-2-4-10(11)8-13(22)23/h2-7H,8H2,1H3,(H,18,24)(H,22,23). The quantitative estimate of drug-likeness (QED) is 0.758. The number of aryl methyl sites for hydroxylation is 1. The van der Waals surface area contributed by atoms with Gasteiger partial charge in [0.25, 0.3) is 5.91 Å². The number of aliphatic carboxylic acids is 1. The zero-order valence-electron chi connectivity index (χ0n) is 12.7. The Kier molecular flexibility index (Phi) is 4.18. The van der Waals surface area contributed by atoms with Crippen LogP contribution in [0.25, 0.3) is 5.52 Å². The van der Waals surface area contributed by atoms with Crippen molar-refractivity contribution >= 4 is 34.7 Å². The van der Waals surface area contributed by atoms with Crippen LogP contribution in [0.15, 0.2) is 36.4 Å². The summed E-state index contributed by atoms with van der Waals surface area (Å²) in [6.45, 7) is 1.83. The number of halogens is 1. The average Bonchev–Trinajstić information content (AvgIpc) is 2.89. The summed E-state index contributed by atoms with van der Waals surface area (Å²) >= 11 is 5.90. The van der Waals surface area contributed by atoms with Crippen LogP contribution in [0.2, 0.25) is 5.28 Å². The number of carboxylic acid groups (broad SMARTS) is 1. The van der Waals surface area contributed by atoms with Gasteiger partial charge >= 0.3 is 5.97 Å². The number of anilines is 1. The molecule has 2 aromatic heterocycles.